The number of para-hydroxylation sites is 1. The number of hydrogen-bond donors (Lipinski definition) is 0. The van der Waals surface area contributed by atoms with Gasteiger partial charge in [0, 0.05) is 43.2 Å². The van der Waals surface area contributed by atoms with E-state index in [4.69, 9.17) is 9.82 Å². The van der Waals surface area contributed by atoms with Crippen molar-refractivity contribution < 1.29 is 9.63 Å². The summed E-state index contributed by atoms with van der Waals surface area (Å²) in [5, 5.41) is 2.16. The van der Waals surface area contributed by atoms with E-state index in [0.717, 1.165) is 41.7 Å². The smallest absolute Gasteiger partial charge is 0.278 e. The Morgan fingerprint density at radius 1 is 1.38 bits per heavy atom. The normalized spacial score (nSPS) is 15.0. The SMILES string of the molecule is CON(C)C(=O)c1c2c(nc3ccccc13)CCN(C)C2. The van der Waals surface area contributed by atoms with Gasteiger partial charge in [0.1, 0.15) is 0 Å². The van der Waals surface area contributed by atoms with Crippen LogP contribution in [0.5, 0.6) is 0 Å². The van der Waals surface area contributed by atoms with Crippen LogP contribution in [0.2, 0.25) is 0 Å². The minimum absolute atomic E-state index is 0.123. The first kappa shape index (κ1) is 14.0. The highest BCUT2D eigenvalue weighted by molar-refractivity contribution is 6.07. The molecule has 0 N–H and O–H groups in total. The molecule has 0 aliphatic carbocycles. The molecule has 1 aliphatic heterocycles. The first-order valence-electron chi connectivity index (χ1n) is 7.03. The predicted molar refractivity (Wildman–Crippen MR) is 80.9 cm³/mol. The number of carbonyl (C=O) groups excluding carboxylic acids is 1. The molecule has 0 fully saturated rings. The number of rotatable bonds is 2. The lowest BCUT2D eigenvalue weighted by atomic mass is 9.95. The zero-order valence-corrected chi connectivity index (χ0v) is 12.6. The zero-order chi connectivity index (χ0) is 15.0. The Hall–Kier alpha value is -1.98. The number of carbonyl (C=O) groups is 1. The second kappa shape index (κ2) is 5.42. The van der Waals surface area contributed by atoms with Crippen LogP contribution in [-0.2, 0) is 17.8 Å². The predicted octanol–water partition coefficient (Wildman–Crippen LogP) is 1.86. The van der Waals surface area contributed by atoms with E-state index in [1.165, 1.54) is 12.2 Å². The van der Waals surface area contributed by atoms with Crippen LogP contribution in [0.4, 0.5) is 0 Å². The molecule has 0 saturated heterocycles. The molecule has 0 radical (unpaired) electrons. The third-order valence-electron chi connectivity index (χ3n) is 4.01. The van der Waals surface area contributed by atoms with Crippen LogP contribution in [0.3, 0.4) is 0 Å². The van der Waals surface area contributed by atoms with Crippen LogP contribution >= 0.6 is 0 Å². The fourth-order valence-corrected chi connectivity index (χ4v) is 2.81. The molecule has 0 unspecified atom stereocenters. The van der Waals surface area contributed by atoms with Crippen LogP contribution in [0, 0.1) is 0 Å². The summed E-state index contributed by atoms with van der Waals surface area (Å²) in [7, 11) is 5.20. The monoisotopic (exact) mass is 285 g/mol. The van der Waals surface area contributed by atoms with Crippen LogP contribution < -0.4 is 0 Å². The number of benzene rings is 1. The quantitative estimate of drug-likeness (QED) is 0.790. The maximum atomic E-state index is 12.7. The van der Waals surface area contributed by atoms with Gasteiger partial charge in [0.2, 0.25) is 0 Å². The summed E-state index contributed by atoms with van der Waals surface area (Å²) in [4.78, 5) is 24.8. The maximum Gasteiger partial charge on any atom is 0.278 e. The Kier molecular flexibility index (Phi) is 3.61. The molecule has 0 saturated carbocycles. The van der Waals surface area contributed by atoms with Gasteiger partial charge in [0.05, 0.1) is 18.2 Å². The van der Waals surface area contributed by atoms with Gasteiger partial charge in [-0.2, -0.15) is 0 Å². The van der Waals surface area contributed by atoms with Crippen molar-refractivity contribution in [1.82, 2.24) is 14.9 Å². The van der Waals surface area contributed by atoms with Gasteiger partial charge in [-0.25, -0.2) is 5.06 Å². The molecule has 21 heavy (non-hydrogen) atoms. The van der Waals surface area contributed by atoms with Crippen molar-refractivity contribution >= 4 is 16.8 Å². The second-order valence-corrected chi connectivity index (χ2v) is 5.40. The Morgan fingerprint density at radius 3 is 2.90 bits per heavy atom. The van der Waals surface area contributed by atoms with E-state index in [0.29, 0.717) is 5.56 Å². The molecule has 3 rings (SSSR count). The van der Waals surface area contributed by atoms with E-state index < -0.39 is 0 Å². The highest BCUT2D eigenvalue weighted by Gasteiger charge is 2.26. The van der Waals surface area contributed by atoms with Crippen molar-refractivity contribution in [3.05, 3.63) is 41.1 Å². The number of hydroxylamine groups is 2. The molecule has 2 aromatic rings. The van der Waals surface area contributed by atoms with Gasteiger partial charge >= 0.3 is 0 Å². The molecule has 5 nitrogen and oxygen atoms in total. The molecular weight excluding hydrogens is 266 g/mol. The van der Waals surface area contributed by atoms with Crippen molar-refractivity contribution in [2.75, 3.05) is 27.7 Å². The zero-order valence-electron chi connectivity index (χ0n) is 12.6. The highest BCUT2D eigenvalue weighted by atomic mass is 16.7. The first-order valence-corrected chi connectivity index (χ1v) is 7.03. The first-order chi connectivity index (χ1) is 10.1. The number of hydrogen-bond acceptors (Lipinski definition) is 4. The standard InChI is InChI=1S/C16H19N3O2/c1-18-9-8-14-12(10-18)15(16(20)19(2)21-3)11-6-4-5-7-13(11)17-14/h4-7H,8-10H2,1-3H3. The van der Waals surface area contributed by atoms with Gasteiger partial charge in [-0.3, -0.25) is 14.6 Å². The summed E-state index contributed by atoms with van der Waals surface area (Å²) in [5.41, 5.74) is 3.64. The number of pyridine rings is 1. The molecule has 1 aromatic carbocycles. The Labute approximate surface area is 124 Å². The summed E-state index contributed by atoms with van der Waals surface area (Å²) >= 11 is 0. The summed E-state index contributed by atoms with van der Waals surface area (Å²) in [6.07, 6.45) is 0.869. The fourth-order valence-electron chi connectivity index (χ4n) is 2.81. The third-order valence-corrected chi connectivity index (χ3v) is 4.01. The molecule has 2 heterocycles. The van der Waals surface area contributed by atoms with Crippen molar-refractivity contribution in [2.45, 2.75) is 13.0 Å². The van der Waals surface area contributed by atoms with E-state index in [9.17, 15) is 4.79 Å². The third kappa shape index (κ3) is 2.39. The molecule has 1 aromatic heterocycles. The second-order valence-electron chi connectivity index (χ2n) is 5.40. The average molecular weight is 285 g/mol. The van der Waals surface area contributed by atoms with Gasteiger partial charge < -0.3 is 4.90 Å². The Bertz CT molecular complexity index is 699. The van der Waals surface area contributed by atoms with Crippen molar-refractivity contribution in [1.29, 1.82) is 0 Å². The number of aromatic nitrogens is 1. The van der Waals surface area contributed by atoms with Crippen LogP contribution in [0.25, 0.3) is 10.9 Å². The van der Waals surface area contributed by atoms with Gasteiger partial charge in [0.25, 0.3) is 5.91 Å². The van der Waals surface area contributed by atoms with Gasteiger partial charge in [-0.05, 0) is 13.1 Å². The van der Waals surface area contributed by atoms with Crippen LogP contribution in [0.15, 0.2) is 24.3 Å². The van der Waals surface area contributed by atoms with E-state index in [2.05, 4.69) is 11.9 Å². The number of amides is 1. The summed E-state index contributed by atoms with van der Waals surface area (Å²) < 4.78 is 0. The Balaban J connectivity index is 2.27. The fraction of sp³-hybridized carbons (Fsp3) is 0.375. The van der Waals surface area contributed by atoms with Gasteiger partial charge in [-0.1, -0.05) is 18.2 Å². The lowest BCUT2D eigenvalue weighted by Gasteiger charge is -2.27. The van der Waals surface area contributed by atoms with Crippen LogP contribution in [0.1, 0.15) is 21.6 Å². The topological polar surface area (TPSA) is 45.7 Å². The summed E-state index contributed by atoms with van der Waals surface area (Å²) in [6, 6.07) is 7.79. The maximum absolute atomic E-state index is 12.7. The van der Waals surface area contributed by atoms with Crippen LogP contribution in [-0.4, -0.2) is 48.6 Å². The van der Waals surface area contributed by atoms with E-state index in [1.54, 1.807) is 7.05 Å². The lowest BCUT2D eigenvalue weighted by molar-refractivity contribution is -0.0756. The van der Waals surface area contributed by atoms with E-state index >= 15 is 0 Å². The molecular formula is C16H19N3O2. The minimum Gasteiger partial charge on any atom is -0.302 e. The lowest BCUT2D eigenvalue weighted by Crippen LogP contribution is -2.32. The molecule has 5 heteroatoms. The molecule has 0 atom stereocenters. The average Bonchev–Trinajstić information content (AvgIpc) is 2.51. The molecule has 1 aliphatic rings. The Morgan fingerprint density at radius 2 is 2.14 bits per heavy atom. The van der Waals surface area contributed by atoms with E-state index in [-0.39, 0.29) is 5.91 Å². The largest absolute Gasteiger partial charge is 0.302 e. The molecule has 0 bridgehead atoms. The van der Waals surface area contributed by atoms with Crippen molar-refractivity contribution in [3.8, 4) is 0 Å². The number of likely N-dealkylation sites (N-methyl/N-ethyl adjacent to an activating group) is 1. The summed E-state index contributed by atoms with van der Waals surface area (Å²) in [5.74, 6) is -0.123. The van der Waals surface area contributed by atoms with Gasteiger partial charge in [0.15, 0.2) is 0 Å². The minimum atomic E-state index is -0.123. The molecule has 0 spiro atoms. The van der Waals surface area contributed by atoms with Crippen molar-refractivity contribution in [2.24, 2.45) is 0 Å². The van der Waals surface area contributed by atoms with Gasteiger partial charge in [-0.15, -0.1) is 0 Å². The number of nitrogens with zero attached hydrogens (tertiary/aromatic N) is 3. The highest BCUT2D eigenvalue weighted by Crippen LogP contribution is 2.28. The van der Waals surface area contributed by atoms with Crippen molar-refractivity contribution in [3.63, 3.8) is 0 Å². The van der Waals surface area contributed by atoms with E-state index in [1.807, 2.05) is 24.3 Å². The molecule has 110 valence electrons. The molecule has 1 amide bonds. The number of fused-ring (bicyclic) bond motifs is 2. The summed E-state index contributed by atoms with van der Waals surface area (Å²) in [6.45, 7) is 1.71.